The van der Waals surface area contributed by atoms with E-state index in [2.05, 4.69) is 32.2 Å². The summed E-state index contributed by atoms with van der Waals surface area (Å²) in [5.41, 5.74) is 3.62. The molecule has 0 saturated carbocycles. The van der Waals surface area contributed by atoms with Crippen LogP contribution in [0.5, 0.6) is 0 Å². The summed E-state index contributed by atoms with van der Waals surface area (Å²) in [6.07, 6.45) is 0.258. The van der Waals surface area contributed by atoms with Gasteiger partial charge in [-0.3, -0.25) is 5.32 Å². The van der Waals surface area contributed by atoms with Crippen molar-refractivity contribution < 1.29 is 9.53 Å². The summed E-state index contributed by atoms with van der Waals surface area (Å²) in [5.74, 6) is 0.895. The van der Waals surface area contributed by atoms with E-state index in [-0.39, 0.29) is 0 Å². The normalized spacial score (nSPS) is 10.5. The second-order valence-corrected chi connectivity index (χ2v) is 4.69. The average Bonchev–Trinajstić information content (AvgIpc) is 2.89. The van der Waals surface area contributed by atoms with Gasteiger partial charge in [-0.15, -0.1) is 0 Å². The number of imidazole rings is 1. The van der Waals surface area contributed by atoms with Crippen molar-refractivity contribution in [3.63, 3.8) is 0 Å². The van der Waals surface area contributed by atoms with Crippen molar-refractivity contribution in [1.29, 1.82) is 0 Å². The van der Waals surface area contributed by atoms with E-state index >= 15 is 0 Å². The fourth-order valence-electron chi connectivity index (χ4n) is 2.18. The van der Waals surface area contributed by atoms with Gasteiger partial charge in [-0.25, -0.2) is 9.78 Å². The first-order valence-electron chi connectivity index (χ1n) is 6.62. The van der Waals surface area contributed by atoms with Gasteiger partial charge in [-0.1, -0.05) is 30.3 Å². The standard InChI is InChI=1S/C16H15N3O2/c1-21-16(20)17-12-7-8-13-14(10-12)19-15(18-13)9-11-5-3-2-4-6-11/h2-8,10H,9H2,1H3,(H,17,20)(H,18,19). The van der Waals surface area contributed by atoms with E-state index < -0.39 is 6.09 Å². The third-order valence-electron chi connectivity index (χ3n) is 3.18. The summed E-state index contributed by atoms with van der Waals surface area (Å²) >= 11 is 0. The SMILES string of the molecule is COC(=O)Nc1ccc2nc(Cc3ccccc3)[nH]c2c1. The van der Waals surface area contributed by atoms with Gasteiger partial charge < -0.3 is 9.72 Å². The number of hydrogen-bond donors (Lipinski definition) is 2. The molecular weight excluding hydrogens is 266 g/mol. The summed E-state index contributed by atoms with van der Waals surface area (Å²) < 4.78 is 4.57. The fourth-order valence-corrected chi connectivity index (χ4v) is 2.18. The first-order chi connectivity index (χ1) is 10.2. The van der Waals surface area contributed by atoms with E-state index in [1.165, 1.54) is 12.7 Å². The zero-order chi connectivity index (χ0) is 14.7. The molecule has 5 heteroatoms. The smallest absolute Gasteiger partial charge is 0.411 e. The molecule has 0 unspecified atom stereocenters. The summed E-state index contributed by atoms with van der Waals surface area (Å²) in [4.78, 5) is 19.0. The average molecular weight is 281 g/mol. The predicted octanol–water partition coefficient (Wildman–Crippen LogP) is 3.33. The molecule has 1 heterocycles. The summed E-state index contributed by atoms with van der Waals surface area (Å²) in [7, 11) is 1.34. The number of aromatic amines is 1. The van der Waals surface area contributed by atoms with Gasteiger partial charge in [0.25, 0.3) is 0 Å². The number of hydrogen-bond acceptors (Lipinski definition) is 3. The van der Waals surface area contributed by atoms with Crippen molar-refractivity contribution in [3.05, 3.63) is 59.9 Å². The Morgan fingerprint density at radius 2 is 2.05 bits per heavy atom. The second kappa shape index (κ2) is 5.66. The van der Waals surface area contributed by atoms with Crippen LogP contribution >= 0.6 is 0 Å². The number of H-pyrrole nitrogens is 1. The molecule has 3 aromatic rings. The topological polar surface area (TPSA) is 67.0 Å². The number of carbonyl (C=O) groups excluding carboxylic acids is 1. The molecule has 2 N–H and O–H groups in total. The minimum Gasteiger partial charge on any atom is -0.453 e. The zero-order valence-corrected chi connectivity index (χ0v) is 11.6. The maximum atomic E-state index is 11.2. The molecule has 0 radical (unpaired) electrons. The lowest BCUT2D eigenvalue weighted by Crippen LogP contribution is -2.10. The second-order valence-electron chi connectivity index (χ2n) is 4.69. The molecule has 1 aromatic heterocycles. The minimum atomic E-state index is -0.488. The summed E-state index contributed by atoms with van der Waals surface area (Å²) in [6.45, 7) is 0. The number of rotatable bonds is 3. The first-order valence-corrected chi connectivity index (χ1v) is 6.62. The Morgan fingerprint density at radius 1 is 1.24 bits per heavy atom. The Kier molecular flexibility index (Phi) is 3.55. The van der Waals surface area contributed by atoms with Crippen LogP contribution in [-0.4, -0.2) is 23.2 Å². The van der Waals surface area contributed by atoms with Gasteiger partial charge in [0.15, 0.2) is 0 Å². The third kappa shape index (κ3) is 3.02. The highest BCUT2D eigenvalue weighted by Crippen LogP contribution is 2.18. The lowest BCUT2D eigenvalue weighted by Gasteiger charge is -2.02. The van der Waals surface area contributed by atoms with Gasteiger partial charge in [-0.2, -0.15) is 0 Å². The number of anilines is 1. The molecule has 0 saturated heterocycles. The Morgan fingerprint density at radius 3 is 2.81 bits per heavy atom. The largest absolute Gasteiger partial charge is 0.453 e. The highest BCUT2D eigenvalue weighted by Gasteiger charge is 2.06. The van der Waals surface area contributed by atoms with Gasteiger partial charge in [0.1, 0.15) is 5.82 Å². The first kappa shape index (κ1) is 13.2. The number of aromatic nitrogens is 2. The molecule has 3 rings (SSSR count). The molecule has 2 aromatic carbocycles. The van der Waals surface area contributed by atoms with E-state index in [1.54, 1.807) is 6.07 Å². The van der Waals surface area contributed by atoms with Crippen LogP contribution in [-0.2, 0) is 11.2 Å². The highest BCUT2D eigenvalue weighted by atomic mass is 16.5. The van der Waals surface area contributed by atoms with Crippen molar-refractivity contribution in [3.8, 4) is 0 Å². The van der Waals surface area contributed by atoms with Crippen molar-refractivity contribution >= 4 is 22.8 Å². The van der Waals surface area contributed by atoms with E-state index in [0.29, 0.717) is 5.69 Å². The number of nitrogens with one attached hydrogen (secondary N) is 2. The number of nitrogens with zero attached hydrogens (tertiary/aromatic N) is 1. The molecule has 0 atom stereocenters. The van der Waals surface area contributed by atoms with Gasteiger partial charge in [-0.05, 0) is 23.8 Å². The summed E-state index contributed by atoms with van der Waals surface area (Å²) in [6, 6.07) is 15.7. The van der Waals surface area contributed by atoms with Gasteiger partial charge in [0.05, 0.1) is 18.1 Å². The van der Waals surface area contributed by atoms with E-state index in [9.17, 15) is 4.79 Å². The lowest BCUT2D eigenvalue weighted by atomic mass is 10.1. The van der Waals surface area contributed by atoms with Crippen LogP contribution in [0.4, 0.5) is 10.5 Å². The number of amides is 1. The molecule has 0 bridgehead atoms. The third-order valence-corrected chi connectivity index (χ3v) is 3.18. The van der Waals surface area contributed by atoms with Crippen LogP contribution in [0, 0.1) is 0 Å². The monoisotopic (exact) mass is 281 g/mol. The molecule has 0 aliphatic heterocycles. The molecule has 21 heavy (non-hydrogen) atoms. The Balaban J connectivity index is 1.84. The number of carbonyl (C=O) groups is 1. The van der Waals surface area contributed by atoms with Crippen LogP contribution in [0.3, 0.4) is 0 Å². The van der Waals surface area contributed by atoms with Crippen LogP contribution in [0.1, 0.15) is 11.4 Å². The minimum absolute atomic E-state index is 0.488. The van der Waals surface area contributed by atoms with E-state index in [4.69, 9.17) is 0 Å². The number of fused-ring (bicyclic) bond motifs is 1. The van der Waals surface area contributed by atoms with Crippen molar-refractivity contribution in [2.24, 2.45) is 0 Å². The number of methoxy groups -OCH3 is 1. The molecule has 5 nitrogen and oxygen atoms in total. The molecule has 1 amide bonds. The van der Waals surface area contributed by atoms with E-state index in [0.717, 1.165) is 23.3 Å². The predicted molar refractivity (Wildman–Crippen MR) is 81.4 cm³/mol. The van der Waals surface area contributed by atoms with Crippen molar-refractivity contribution in [2.45, 2.75) is 6.42 Å². The Labute approximate surface area is 122 Å². The van der Waals surface area contributed by atoms with Crippen LogP contribution in [0.15, 0.2) is 48.5 Å². The fraction of sp³-hybridized carbons (Fsp3) is 0.125. The highest BCUT2D eigenvalue weighted by molar-refractivity contribution is 5.88. The van der Waals surface area contributed by atoms with Crippen LogP contribution < -0.4 is 5.32 Å². The Bertz CT molecular complexity index is 766. The van der Waals surface area contributed by atoms with Crippen LogP contribution in [0.25, 0.3) is 11.0 Å². The van der Waals surface area contributed by atoms with Crippen molar-refractivity contribution in [2.75, 3.05) is 12.4 Å². The molecule has 0 aliphatic rings. The molecule has 106 valence electrons. The maximum Gasteiger partial charge on any atom is 0.411 e. The molecule has 0 aliphatic carbocycles. The summed E-state index contributed by atoms with van der Waals surface area (Å²) in [5, 5.41) is 2.63. The quantitative estimate of drug-likeness (QED) is 0.773. The van der Waals surface area contributed by atoms with Crippen LogP contribution in [0.2, 0.25) is 0 Å². The number of ether oxygens (including phenoxy) is 1. The van der Waals surface area contributed by atoms with Gasteiger partial charge in [0, 0.05) is 12.1 Å². The lowest BCUT2D eigenvalue weighted by molar-refractivity contribution is 0.187. The van der Waals surface area contributed by atoms with E-state index in [1.807, 2.05) is 30.3 Å². The van der Waals surface area contributed by atoms with Gasteiger partial charge in [0.2, 0.25) is 0 Å². The van der Waals surface area contributed by atoms with Gasteiger partial charge >= 0.3 is 6.09 Å². The molecule has 0 spiro atoms. The molecular formula is C16H15N3O2. The molecule has 0 fully saturated rings. The zero-order valence-electron chi connectivity index (χ0n) is 11.6. The van der Waals surface area contributed by atoms with Crippen molar-refractivity contribution in [1.82, 2.24) is 9.97 Å². The Hall–Kier alpha value is -2.82. The maximum absolute atomic E-state index is 11.2. The number of benzene rings is 2.